The summed E-state index contributed by atoms with van der Waals surface area (Å²) < 4.78 is 16.2. The van der Waals surface area contributed by atoms with E-state index in [2.05, 4.69) is 14.6 Å². The van der Waals surface area contributed by atoms with Gasteiger partial charge < -0.3 is 19.9 Å². The van der Waals surface area contributed by atoms with Gasteiger partial charge in [0.05, 0.1) is 38.2 Å². The van der Waals surface area contributed by atoms with Gasteiger partial charge in [0.1, 0.15) is 12.4 Å². The van der Waals surface area contributed by atoms with Crippen LogP contribution in [0.4, 0.5) is 5.69 Å². The first-order valence-corrected chi connectivity index (χ1v) is 6.77. The maximum Gasteiger partial charge on any atom is 0.358 e. The highest BCUT2D eigenvalue weighted by Gasteiger charge is 2.17. The third-order valence-electron chi connectivity index (χ3n) is 3.09. The minimum absolute atomic E-state index is 0.192. The Kier molecular flexibility index (Phi) is 5.19. The van der Waals surface area contributed by atoms with Gasteiger partial charge in [0, 0.05) is 0 Å². The Morgan fingerprint density at radius 2 is 1.78 bits per heavy atom. The molecule has 0 amide bonds. The molecule has 0 fully saturated rings. The summed E-state index contributed by atoms with van der Waals surface area (Å²) in [4.78, 5) is 23.0. The van der Waals surface area contributed by atoms with Gasteiger partial charge in [-0.25, -0.2) is 9.59 Å². The highest BCUT2D eigenvalue weighted by molar-refractivity contribution is 5.93. The molecule has 0 bridgehead atoms. The summed E-state index contributed by atoms with van der Waals surface area (Å²) in [6.07, 6.45) is 1.39. The first-order chi connectivity index (χ1) is 11.1. The minimum atomic E-state index is -0.553. The van der Waals surface area contributed by atoms with Crippen molar-refractivity contribution >= 4 is 17.6 Å². The highest BCUT2D eigenvalue weighted by atomic mass is 16.5. The number of nitrogen functional groups attached to an aromatic ring is 1. The van der Waals surface area contributed by atoms with E-state index < -0.39 is 11.9 Å². The van der Waals surface area contributed by atoms with Crippen LogP contribution in [0.3, 0.4) is 0 Å². The molecule has 0 atom stereocenters. The molecular formula is C15H17N3O5. The monoisotopic (exact) mass is 319 g/mol. The zero-order chi connectivity index (χ0) is 16.8. The van der Waals surface area contributed by atoms with Crippen LogP contribution in [0.5, 0.6) is 5.75 Å². The molecule has 1 aromatic carbocycles. The lowest BCUT2D eigenvalue weighted by Crippen LogP contribution is -2.17. The van der Waals surface area contributed by atoms with Crippen molar-refractivity contribution in [2.75, 3.05) is 26.6 Å². The Labute approximate surface area is 132 Å². The summed E-state index contributed by atoms with van der Waals surface area (Å²) in [6, 6.07) is 6.52. The number of rotatable bonds is 6. The number of carbonyl (C=O) groups excluding carboxylic acids is 2. The molecule has 0 aliphatic rings. The van der Waals surface area contributed by atoms with E-state index in [0.717, 1.165) is 0 Å². The zero-order valence-corrected chi connectivity index (χ0v) is 12.8. The molecule has 8 nitrogen and oxygen atoms in total. The average Bonchev–Trinajstić information content (AvgIpc) is 2.94. The molecule has 0 radical (unpaired) electrons. The molecule has 0 aliphatic heterocycles. The van der Waals surface area contributed by atoms with Crippen molar-refractivity contribution in [2.45, 2.75) is 6.54 Å². The summed E-state index contributed by atoms with van der Waals surface area (Å²) >= 11 is 0. The number of nitrogens with zero attached hydrogens (tertiary/aromatic N) is 2. The minimum Gasteiger partial charge on any atom is -0.492 e. The van der Waals surface area contributed by atoms with Gasteiger partial charge in [0.25, 0.3) is 0 Å². The summed E-state index contributed by atoms with van der Waals surface area (Å²) in [6.45, 7) is 0.586. The average molecular weight is 319 g/mol. The van der Waals surface area contributed by atoms with Crippen LogP contribution in [0.15, 0.2) is 30.5 Å². The molecule has 23 heavy (non-hydrogen) atoms. The first kappa shape index (κ1) is 16.3. The number of hydrogen-bond acceptors (Lipinski definition) is 7. The summed E-state index contributed by atoms with van der Waals surface area (Å²) in [5, 5.41) is 4.01. The van der Waals surface area contributed by atoms with Crippen molar-refractivity contribution in [1.29, 1.82) is 0 Å². The molecule has 122 valence electrons. The molecule has 8 heteroatoms. The third-order valence-corrected chi connectivity index (χ3v) is 3.09. The van der Waals surface area contributed by atoms with E-state index in [1.54, 1.807) is 24.3 Å². The zero-order valence-electron chi connectivity index (χ0n) is 12.8. The second kappa shape index (κ2) is 7.30. The van der Waals surface area contributed by atoms with Crippen molar-refractivity contribution in [3.63, 3.8) is 0 Å². The number of esters is 2. The number of carbonyl (C=O) groups is 2. The van der Waals surface area contributed by atoms with Crippen LogP contribution in [0.1, 0.15) is 20.8 Å². The van der Waals surface area contributed by atoms with Crippen LogP contribution < -0.4 is 10.5 Å². The van der Waals surface area contributed by atoms with Crippen molar-refractivity contribution in [1.82, 2.24) is 9.78 Å². The SMILES string of the molecule is COC(=O)c1ccc(OCCn2ncc(N)c2C(=O)OC)cc1. The predicted octanol–water partition coefficient (Wildman–Crippen LogP) is 1.12. The summed E-state index contributed by atoms with van der Waals surface area (Å²) in [5.74, 6) is -0.383. The standard InChI is InChI=1S/C15H17N3O5/c1-21-14(19)10-3-5-11(6-4-10)23-8-7-18-13(15(20)22-2)12(16)9-17-18/h3-6,9H,7-8,16H2,1-2H3. The number of benzene rings is 1. The van der Waals surface area contributed by atoms with Crippen LogP contribution in [0.25, 0.3) is 0 Å². The Hall–Kier alpha value is -3.03. The van der Waals surface area contributed by atoms with Gasteiger partial charge >= 0.3 is 11.9 Å². The second-order valence-corrected chi connectivity index (χ2v) is 4.53. The van der Waals surface area contributed by atoms with E-state index in [9.17, 15) is 9.59 Å². The van der Waals surface area contributed by atoms with Gasteiger partial charge in [-0.1, -0.05) is 0 Å². The van der Waals surface area contributed by atoms with Gasteiger partial charge in [0.15, 0.2) is 5.69 Å². The Balaban J connectivity index is 1.95. The largest absolute Gasteiger partial charge is 0.492 e. The normalized spacial score (nSPS) is 10.2. The fourth-order valence-corrected chi connectivity index (χ4v) is 1.94. The maximum atomic E-state index is 11.6. The van der Waals surface area contributed by atoms with Crippen LogP contribution in [-0.4, -0.2) is 42.5 Å². The van der Waals surface area contributed by atoms with Gasteiger partial charge in [-0.15, -0.1) is 0 Å². The van der Waals surface area contributed by atoms with Crippen molar-refractivity contribution < 1.29 is 23.8 Å². The number of methoxy groups -OCH3 is 2. The number of hydrogen-bond donors (Lipinski definition) is 1. The number of anilines is 1. The molecule has 0 unspecified atom stereocenters. The van der Waals surface area contributed by atoms with E-state index in [1.165, 1.54) is 25.1 Å². The van der Waals surface area contributed by atoms with Gasteiger partial charge in [-0.05, 0) is 24.3 Å². The number of nitrogens with two attached hydrogens (primary N) is 1. The quantitative estimate of drug-likeness (QED) is 0.795. The van der Waals surface area contributed by atoms with Gasteiger partial charge in [-0.2, -0.15) is 5.10 Å². The lowest BCUT2D eigenvalue weighted by atomic mass is 10.2. The fourth-order valence-electron chi connectivity index (χ4n) is 1.94. The van der Waals surface area contributed by atoms with Crippen molar-refractivity contribution in [3.05, 3.63) is 41.7 Å². The molecule has 1 heterocycles. The van der Waals surface area contributed by atoms with Crippen molar-refractivity contribution in [3.8, 4) is 5.75 Å². The maximum absolute atomic E-state index is 11.6. The summed E-state index contributed by atoms with van der Waals surface area (Å²) in [7, 11) is 2.60. The summed E-state index contributed by atoms with van der Waals surface area (Å²) in [5.41, 5.74) is 6.57. The van der Waals surface area contributed by atoms with Crippen LogP contribution in [0.2, 0.25) is 0 Å². The molecular weight excluding hydrogens is 302 g/mol. The van der Waals surface area contributed by atoms with E-state index in [1.807, 2.05) is 0 Å². The van der Waals surface area contributed by atoms with E-state index in [4.69, 9.17) is 10.5 Å². The lowest BCUT2D eigenvalue weighted by Gasteiger charge is -2.09. The third kappa shape index (κ3) is 3.79. The molecule has 1 aromatic heterocycles. The highest BCUT2D eigenvalue weighted by Crippen LogP contribution is 2.14. The first-order valence-electron chi connectivity index (χ1n) is 6.77. The number of ether oxygens (including phenoxy) is 3. The predicted molar refractivity (Wildman–Crippen MR) is 81.3 cm³/mol. The molecule has 0 spiro atoms. The van der Waals surface area contributed by atoms with Crippen molar-refractivity contribution in [2.24, 2.45) is 0 Å². The van der Waals surface area contributed by atoms with Gasteiger partial charge in [-0.3, -0.25) is 4.68 Å². The molecule has 0 saturated heterocycles. The van der Waals surface area contributed by atoms with Crippen LogP contribution in [-0.2, 0) is 16.0 Å². The molecule has 0 aliphatic carbocycles. The van der Waals surface area contributed by atoms with E-state index in [-0.39, 0.29) is 18.0 Å². The van der Waals surface area contributed by atoms with Crippen LogP contribution in [0, 0.1) is 0 Å². The second-order valence-electron chi connectivity index (χ2n) is 4.53. The topological polar surface area (TPSA) is 106 Å². The van der Waals surface area contributed by atoms with Crippen LogP contribution >= 0.6 is 0 Å². The Morgan fingerprint density at radius 3 is 2.39 bits per heavy atom. The number of aromatic nitrogens is 2. The molecule has 2 N–H and O–H groups in total. The lowest BCUT2D eigenvalue weighted by molar-refractivity contribution is 0.0582. The van der Waals surface area contributed by atoms with Gasteiger partial charge in [0.2, 0.25) is 0 Å². The fraction of sp³-hybridized carbons (Fsp3) is 0.267. The Bertz CT molecular complexity index is 694. The molecule has 2 rings (SSSR count). The Morgan fingerprint density at radius 1 is 1.13 bits per heavy atom. The molecule has 2 aromatic rings. The molecule has 0 saturated carbocycles. The van der Waals surface area contributed by atoms with E-state index in [0.29, 0.717) is 17.9 Å². The van der Waals surface area contributed by atoms with E-state index >= 15 is 0 Å². The smallest absolute Gasteiger partial charge is 0.358 e.